The fourth-order valence-corrected chi connectivity index (χ4v) is 7.74. The molecular formula is C31H50N4O6. The Morgan fingerprint density at radius 3 is 2.02 bits per heavy atom. The number of fused-ring (bicyclic) bond motifs is 1. The van der Waals surface area contributed by atoms with Crippen LogP contribution in [0.1, 0.15) is 93.9 Å². The van der Waals surface area contributed by atoms with Crippen LogP contribution in [-0.4, -0.2) is 71.7 Å². The summed E-state index contributed by atoms with van der Waals surface area (Å²) in [6, 6.07) is -2.10. The summed E-state index contributed by atoms with van der Waals surface area (Å²) in [6.07, 6.45) is 3.83. The first-order valence-corrected chi connectivity index (χ1v) is 15.1. The molecule has 2 aliphatic carbocycles. The van der Waals surface area contributed by atoms with Crippen LogP contribution in [-0.2, 0) is 23.9 Å². The molecule has 2 heterocycles. The van der Waals surface area contributed by atoms with Crippen LogP contribution in [0.5, 0.6) is 0 Å². The summed E-state index contributed by atoms with van der Waals surface area (Å²) in [5.74, 6) is -2.74. The number of carbonyl (C=O) groups is 5. The molecule has 41 heavy (non-hydrogen) atoms. The Labute approximate surface area is 244 Å². The van der Waals surface area contributed by atoms with E-state index in [9.17, 15) is 24.0 Å². The molecular weight excluding hydrogens is 524 g/mol. The minimum Gasteiger partial charge on any atom is -0.380 e. The number of ether oxygens (including phenoxy) is 1. The van der Waals surface area contributed by atoms with Gasteiger partial charge in [-0.1, -0.05) is 53.9 Å². The molecule has 2 saturated heterocycles. The Morgan fingerprint density at radius 2 is 1.61 bits per heavy atom. The predicted molar refractivity (Wildman–Crippen MR) is 154 cm³/mol. The van der Waals surface area contributed by atoms with Gasteiger partial charge < -0.3 is 26.0 Å². The molecule has 4 aliphatic rings. The number of urea groups is 1. The number of rotatable bonds is 9. The molecule has 10 nitrogen and oxygen atoms in total. The molecule has 0 aromatic carbocycles. The van der Waals surface area contributed by atoms with Gasteiger partial charge in [0.1, 0.15) is 6.04 Å². The van der Waals surface area contributed by atoms with E-state index in [1.165, 1.54) is 0 Å². The Balaban J connectivity index is 1.63. The molecule has 2 spiro atoms. The van der Waals surface area contributed by atoms with Gasteiger partial charge in [-0.3, -0.25) is 19.2 Å². The number of nitrogens with zero attached hydrogens (tertiary/aromatic N) is 1. The zero-order valence-electron chi connectivity index (χ0n) is 26.1. The second-order valence-electron chi connectivity index (χ2n) is 15.7. The third-order valence-electron chi connectivity index (χ3n) is 10.7. The SMILES string of the molecule is CC(C)(C)NC(=O)N[C@H](C(=O)N1C[C@]2(C[C@H]1C(=O)CC(CC1CCC1)C(=O)C(N)=O)C(C)(C)C21COC1)C(C)(C)C. The van der Waals surface area contributed by atoms with Crippen molar-refractivity contribution in [1.29, 1.82) is 0 Å². The molecule has 4 rings (SSSR count). The van der Waals surface area contributed by atoms with Crippen LogP contribution in [0.4, 0.5) is 4.79 Å². The molecule has 230 valence electrons. The monoisotopic (exact) mass is 574 g/mol. The minimum absolute atomic E-state index is 0.115. The van der Waals surface area contributed by atoms with Crippen LogP contribution in [0.3, 0.4) is 0 Å². The number of likely N-dealkylation sites (tertiary alicyclic amines) is 1. The Kier molecular flexibility index (Phi) is 7.94. The number of nitrogens with two attached hydrogens (primary N) is 1. The Morgan fingerprint density at radius 1 is 1.00 bits per heavy atom. The summed E-state index contributed by atoms with van der Waals surface area (Å²) < 4.78 is 5.65. The zero-order chi connectivity index (χ0) is 30.8. The first-order chi connectivity index (χ1) is 18.8. The van der Waals surface area contributed by atoms with Crippen molar-refractivity contribution in [2.45, 2.75) is 112 Å². The molecule has 2 saturated carbocycles. The van der Waals surface area contributed by atoms with Crippen molar-refractivity contribution >= 4 is 29.4 Å². The maximum atomic E-state index is 14.4. The van der Waals surface area contributed by atoms with Crippen LogP contribution in [0.2, 0.25) is 0 Å². The van der Waals surface area contributed by atoms with Gasteiger partial charge in [0, 0.05) is 35.3 Å². The summed E-state index contributed by atoms with van der Waals surface area (Å²) in [7, 11) is 0. The van der Waals surface area contributed by atoms with E-state index in [0.717, 1.165) is 19.3 Å². The van der Waals surface area contributed by atoms with Crippen LogP contribution < -0.4 is 16.4 Å². The normalized spacial score (nSPS) is 27.9. The number of primary amides is 1. The highest BCUT2D eigenvalue weighted by atomic mass is 16.5. The van der Waals surface area contributed by atoms with Gasteiger partial charge in [-0.2, -0.15) is 0 Å². The fraction of sp³-hybridized carbons (Fsp3) is 0.839. The summed E-state index contributed by atoms with van der Waals surface area (Å²) >= 11 is 0. The van der Waals surface area contributed by atoms with Gasteiger partial charge in [0.15, 0.2) is 5.78 Å². The van der Waals surface area contributed by atoms with Crippen LogP contribution in [0.15, 0.2) is 0 Å². The molecule has 4 amide bonds. The van der Waals surface area contributed by atoms with Crippen LogP contribution >= 0.6 is 0 Å². The van der Waals surface area contributed by atoms with Crippen molar-refractivity contribution in [3.8, 4) is 0 Å². The number of carbonyl (C=O) groups excluding carboxylic acids is 5. The first-order valence-electron chi connectivity index (χ1n) is 15.1. The van der Waals surface area contributed by atoms with Crippen molar-refractivity contribution in [1.82, 2.24) is 15.5 Å². The lowest BCUT2D eigenvalue weighted by Gasteiger charge is -2.36. The van der Waals surface area contributed by atoms with E-state index in [1.54, 1.807) is 4.90 Å². The highest BCUT2D eigenvalue weighted by Gasteiger charge is 2.86. The third kappa shape index (κ3) is 5.41. The molecule has 4 fully saturated rings. The third-order valence-corrected chi connectivity index (χ3v) is 10.7. The molecule has 10 heteroatoms. The smallest absolute Gasteiger partial charge is 0.315 e. The minimum atomic E-state index is -1.02. The molecule has 1 unspecified atom stereocenters. The van der Waals surface area contributed by atoms with E-state index in [-0.39, 0.29) is 34.4 Å². The predicted octanol–water partition coefficient (Wildman–Crippen LogP) is 2.96. The molecule has 2 aliphatic heterocycles. The standard InChI is InChI=1S/C31H50N4O6/c1-27(2,3)23(33-26(40)34-28(4,5)6)25(39)35-15-30(29(7,8)31(30)16-41-17-31)14-20(35)21(36)13-19(22(37)24(32)38)12-18-10-9-11-18/h18-20,23H,9-17H2,1-8H3,(H2,32,38)(H2,33,34,40)/t19?,20-,23+,30+/m0/s1. The number of Topliss-reactive ketones (excluding diaryl/α,β-unsaturated/α-hetero) is 2. The second kappa shape index (κ2) is 10.3. The average molecular weight is 575 g/mol. The highest BCUT2D eigenvalue weighted by Crippen LogP contribution is 2.84. The molecule has 4 atom stereocenters. The molecule has 0 aromatic rings. The van der Waals surface area contributed by atoms with Gasteiger partial charge in [0.25, 0.3) is 5.91 Å². The molecule has 0 bridgehead atoms. The highest BCUT2D eigenvalue weighted by molar-refractivity contribution is 6.36. The molecule has 0 aromatic heterocycles. The van der Waals surface area contributed by atoms with E-state index in [2.05, 4.69) is 24.5 Å². The van der Waals surface area contributed by atoms with Gasteiger partial charge >= 0.3 is 6.03 Å². The summed E-state index contributed by atoms with van der Waals surface area (Å²) in [5, 5.41) is 5.76. The van der Waals surface area contributed by atoms with Gasteiger partial charge in [-0.25, -0.2) is 4.79 Å². The Bertz CT molecular complexity index is 1110. The number of hydrogen-bond donors (Lipinski definition) is 3. The Hall–Kier alpha value is -2.49. The van der Waals surface area contributed by atoms with E-state index in [1.807, 2.05) is 41.5 Å². The zero-order valence-corrected chi connectivity index (χ0v) is 26.1. The maximum Gasteiger partial charge on any atom is 0.315 e. The van der Waals surface area contributed by atoms with Crippen LogP contribution in [0, 0.1) is 33.5 Å². The summed E-state index contributed by atoms with van der Waals surface area (Å²) in [6.45, 7) is 17.2. The second-order valence-corrected chi connectivity index (χ2v) is 15.7. The number of ketones is 2. The molecule has 4 N–H and O–H groups in total. The van der Waals surface area contributed by atoms with Crippen molar-refractivity contribution in [3.05, 3.63) is 0 Å². The largest absolute Gasteiger partial charge is 0.380 e. The summed E-state index contributed by atoms with van der Waals surface area (Å²) in [4.78, 5) is 67.7. The van der Waals surface area contributed by atoms with Crippen molar-refractivity contribution in [2.24, 2.45) is 39.2 Å². The van der Waals surface area contributed by atoms with Gasteiger partial charge in [-0.05, 0) is 50.4 Å². The van der Waals surface area contributed by atoms with Crippen molar-refractivity contribution in [2.75, 3.05) is 19.8 Å². The average Bonchev–Trinajstić information content (AvgIpc) is 3.01. The quantitative estimate of drug-likeness (QED) is 0.361. The van der Waals surface area contributed by atoms with E-state index in [0.29, 0.717) is 38.5 Å². The topological polar surface area (TPSA) is 148 Å². The van der Waals surface area contributed by atoms with Gasteiger partial charge in [0.05, 0.1) is 19.3 Å². The van der Waals surface area contributed by atoms with Gasteiger partial charge in [-0.15, -0.1) is 0 Å². The van der Waals surface area contributed by atoms with E-state index >= 15 is 0 Å². The maximum absolute atomic E-state index is 14.4. The lowest BCUT2D eigenvalue weighted by molar-refractivity contribution is -0.143. The lowest BCUT2D eigenvalue weighted by Crippen LogP contribution is -2.60. The van der Waals surface area contributed by atoms with Crippen molar-refractivity contribution < 1.29 is 28.7 Å². The number of hydrogen-bond acceptors (Lipinski definition) is 6. The van der Waals surface area contributed by atoms with E-state index in [4.69, 9.17) is 10.5 Å². The number of nitrogens with one attached hydrogen (secondary N) is 2. The number of amides is 4. The van der Waals surface area contributed by atoms with Gasteiger partial charge in [0.2, 0.25) is 11.7 Å². The summed E-state index contributed by atoms with van der Waals surface area (Å²) in [5.41, 5.74) is 3.68. The lowest BCUT2D eigenvalue weighted by atomic mass is 9.76. The first kappa shape index (κ1) is 31.4. The fourth-order valence-electron chi connectivity index (χ4n) is 7.74. The molecule has 0 radical (unpaired) electrons. The van der Waals surface area contributed by atoms with Crippen LogP contribution in [0.25, 0.3) is 0 Å². The van der Waals surface area contributed by atoms with Crippen molar-refractivity contribution in [3.63, 3.8) is 0 Å². The van der Waals surface area contributed by atoms with E-state index < -0.39 is 46.7 Å².